The largest absolute Gasteiger partial charge is 0.481 e. The summed E-state index contributed by atoms with van der Waals surface area (Å²) >= 11 is 0. The number of anilines is 6. The molecule has 0 bridgehead atoms. The van der Waals surface area contributed by atoms with Crippen LogP contribution in [0, 0.1) is 66.1 Å². The van der Waals surface area contributed by atoms with Crippen molar-refractivity contribution in [2.24, 2.45) is 20.7 Å². The van der Waals surface area contributed by atoms with Gasteiger partial charge in [-0.2, -0.15) is 39.1 Å². The number of benzene rings is 6. The number of nitrogens with zero attached hydrogens (tertiary/aromatic N) is 15. The van der Waals surface area contributed by atoms with Crippen molar-refractivity contribution in [2.45, 2.75) is 91.2 Å². The van der Waals surface area contributed by atoms with Crippen LogP contribution in [0.5, 0.6) is 0 Å². The van der Waals surface area contributed by atoms with Crippen LogP contribution < -0.4 is 47.0 Å². The number of carbonyl (C=O) groups is 5. The number of hydrazine groups is 6. The van der Waals surface area contributed by atoms with Crippen molar-refractivity contribution in [3.05, 3.63) is 206 Å². The number of esters is 3. The normalized spacial score (nSPS) is 13.4. The van der Waals surface area contributed by atoms with Gasteiger partial charge >= 0.3 is 29.8 Å². The molecule has 9 rings (SSSR count). The molecule has 3 heterocycles. The fourth-order valence-corrected chi connectivity index (χ4v) is 11.9. The minimum Gasteiger partial charge on any atom is -0.481 e. The lowest BCUT2D eigenvalue weighted by Gasteiger charge is -2.41. The van der Waals surface area contributed by atoms with Gasteiger partial charge in [-0.25, -0.2) is 14.4 Å². The molecule has 0 fully saturated rings. The Morgan fingerprint density at radius 1 is 0.415 bits per heavy atom. The molecule has 44 heteroatoms. The summed E-state index contributed by atoms with van der Waals surface area (Å²) in [6.45, 7) is 10.0. The Bertz CT molecular complexity index is 4170. The van der Waals surface area contributed by atoms with Crippen LogP contribution in [0.3, 0.4) is 0 Å². The van der Waals surface area contributed by atoms with E-state index in [0.29, 0.717) is 6.42 Å². The summed E-state index contributed by atoms with van der Waals surface area (Å²) in [6.07, 6.45) is 1.59. The molecule has 3 aliphatic heterocycles. The molecule has 0 spiro atoms. The van der Waals surface area contributed by atoms with Crippen LogP contribution in [0.2, 0.25) is 0 Å². The average molecular weight is 1500 g/mol. The van der Waals surface area contributed by atoms with Gasteiger partial charge in [0.1, 0.15) is 0 Å². The lowest BCUT2D eigenvalue weighted by atomic mass is 9.68. The molecule has 6 aromatic rings. The Morgan fingerprint density at radius 2 is 0.670 bits per heavy atom. The van der Waals surface area contributed by atoms with Crippen LogP contribution in [0.25, 0.3) is 0 Å². The van der Waals surface area contributed by atoms with Gasteiger partial charge in [-0.1, -0.05) is 82.9 Å². The minimum absolute atomic E-state index is 0.118. The van der Waals surface area contributed by atoms with Gasteiger partial charge in [0.15, 0.2) is 0 Å². The number of ether oxygens (including phenoxy) is 3. The Morgan fingerprint density at radius 3 is 0.877 bits per heavy atom. The molecule has 43 nitrogen and oxygen atoms in total. The van der Waals surface area contributed by atoms with Gasteiger partial charge in [-0.05, 0) is 76.4 Å². The van der Waals surface area contributed by atoms with Crippen molar-refractivity contribution in [1.82, 2.24) is 16.3 Å². The van der Waals surface area contributed by atoms with Crippen LogP contribution >= 0.6 is 0 Å². The maximum absolute atomic E-state index is 12.1. The van der Waals surface area contributed by atoms with E-state index in [4.69, 9.17) is 14.2 Å². The van der Waals surface area contributed by atoms with E-state index in [9.17, 15) is 108 Å². The molecule has 562 valence electrons. The van der Waals surface area contributed by atoms with Gasteiger partial charge in [0.05, 0.1) is 88.9 Å². The van der Waals surface area contributed by atoms with E-state index in [2.05, 4.69) is 31.6 Å². The lowest BCUT2D eigenvalue weighted by Crippen LogP contribution is -2.62. The Balaban J connectivity index is 0.000000223. The maximum atomic E-state index is 12.1. The number of aliphatic carboxylic acids is 2. The van der Waals surface area contributed by atoms with Crippen molar-refractivity contribution in [3.63, 3.8) is 0 Å². The van der Waals surface area contributed by atoms with Gasteiger partial charge < -0.3 is 24.4 Å². The van der Waals surface area contributed by atoms with E-state index in [-0.39, 0.29) is 125 Å². The molecule has 6 aromatic carbocycles. The number of rotatable bonds is 29. The van der Waals surface area contributed by atoms with Gasteiger partial charge in [0.25, 0.3) is 61.7 Å². The van der Waals surface area contributed by atoms with Crippen LogP contribution in [-0.2, 0) is 48.3 Å². The smallest absolute Gasteiger partial charge is 0.377 e. The number of nitro benzene ring substituents is 6. The highest BCUT2D eigenvalue weighted by Gasteiger charge is 2.67. The maximum Gasteiger partial charge on any atom is 0.377 e. The first-order valence-corrected chi connectivity index (χ1v) is 33.0. The van der Waals surface area contributed by atoms with Crippen molar-refractivity contribution in [1.29, 1.82) is 0 Å². The SMILES string of the molecule is CCCCCCC(C(=O)O)(C(CC)(CC)C(=O)O)S(=O)(=O)O.CCOC(=O)C1=NN(c2cccc([N+](=O)[O-])c2)N(c2cccc([N+](=O)[O-])c2)N1.CCOC(=O)C1=NN(c2cccc([N+](=O)[O-])c2)N(c2cccc([N+](=O)[O-])c2)N1.CCOC(=O)C1=NN(c2cccc([N+](=O)[O-])c2)N(c2cccc([N+](=O)[O-])c2)N1. The number of non-ortho nitro benzene ring substituents is 6. The topological polar surface area (TPSA) is 559 Å². The van der Waals surface area contributed by atoms with Gasteiger partial charge in [-0.15, -0.1) is 15.3 Å². The van der Waals surface area contributed by atoms with Gasteiger partial charge in [-0.3, -0.25) is 91.1 Å². The molecule has 0 aliphatic carbocycles. The van der Waals surface area contributed by atoms with E-state index in [1.165, 1.54) is 172 Å². The number of carbonyl (C=O) groups excluding carboxylic acids is 3. The number of carboxylic acids is 2. The predicted molar refractivity (Wildman–Crippen MR) is 376 cm³/mol. The highest BCUT2D eigenvalue weighted by Crippen LogP contribution is 2.48. The fourth-order valence-electron chi connectivity index (χ4n) is 10.4. The molecule has 1 atom stereocenters. The number of hydrogen-bond donors (Lipinski definition) is 6. The molecule has 3 aliphatic rings. The predicted octanol–water partition coefficient (Wildman–Crippen LogP) is 8.94. The first-order valence-electron chi connectivity index (χ1n) is 31.6. The molecular weight excluding hydrogens is 1430 g/mol. The van der Waals surface area contributed by atoms with E-state index in [1.807, 2.05) is 6.92 Å². The molecule has 0 radical (unpaired) electrons. The zero-order valence-electron chi connectivity index (χ0n) is 56.9. The van der Waals surface area contributed by atoms with E-state index in [1.54, 1.807) is 39.0 Å². The number of carboxylic acid groups (broad SMARTS) is 2. The highest BCUT2D eigenvalue weighted by atomic mass is 32.2. The molecule has 0 saturated heterocycles. The quantitative estimate of drug-likeness (QED) is 0.00637. The first kappa shape index (κ1) is 81.2. The van der Waals surface area contributed by atoms with Gasteiger partial charge in [0, 0.05) is 72.8 Å². The summed E-state index contributed by atoms with van der Waals surface area (Å²) in [7, 11) is -5.12. The standard InChI is InChI=1S/3C16H14N6O6.C14H26O7S/c3*1-2-28-16(23)15-17-19(11-5-3-7-13(9-11)21(24)25)20(18-15)12-6-4-8-14(10-12)22(26)27;1-4-7-8-9-10-14(12(17)18,22(19,20)21)13(5-2,6-3)11(15)16/h3*3-10H,2H2,1H3,(H,17,18);4-10H2,1-3H3,(H,15,16)(H,17,18)(H,19,20,21). The summed E-state index contributed by atoms with van der Waals surface area (Å²) in [6, 6.07) is 33.4. The van der Waals surface area contributed by atoms with Crippen molar-refractivity contribution >= 4 is 126 Å². The van der Waals surface area contributed by atoms with Crippen molar-refractivity contribution in [3.8, 4) is 0 Å². The summed E-state index contributed by atoms with van der Waals surface area (Å²) in [4.78, 5) is 123. The van der Waals surface area contributed by atoms with E-state index in [0.717, 1.165) is 12.8 Å². The number of unbranched alkanes of at least 4 members (excludes halogenated alkanes) is 3. The Labute approximate surface area is 599 Å². The lowest BCUT2D eigenvalue weighted by molar-refractivity contribution is -0.385. The molecule has 0 amide bonds. The zero-order chi connectivity index (χ0) is 78.4. The number of nitro groups is 6. The number of hydrogen-bond acceptors (Lipinski definition) is 34. The van der Waals surface area contributed by atoms with Crippen LogP contribution in [0.1, 0.15) is 86.5 Å². The Hall–Kier alpha value is -13.8. The summed E-state index contributed by atoms with van der Waals surface area (Å²) < 4.78 is 45.5. The number of amidine groups is 3. The first-order chi connectivity index (χ1) is 50.3. The summed E-state index contributed by atoms with van der Waals surface area (Å²) in [5.41, 5.74) is 6.55. The third-order valence-electron chi connectivity index (χ3n) is 15.4. The third kappa shape index (κ3) is 19.0. The molecule has 106 heavy (non-hydrogen) atoms. The molecule has 6 N–H and O–H groups in total. The summed E-state index contributed by atoms with van der Waals surface area (Å²) in [5, 5.41) is 105. The van der Waals surface area contributed by atoms with Crippen LogP contribution in [0.4, 0.5) is 68.2 Å². The average Bonchev–Trinajstić information content (AvgIpc) is 0.993. The molecular formula is C62H68N18O25S. The van der Waals surface area contributed by atoms with Crippen LogP contribution in [-0.4, -0.2) is 125 Å². The van der Waals surface area contributed by atoms with E-state index >= 15 is 0 Å². The zero-order valence-corrected chi connectivity index (χ0v) is 57.7. The summed E-state index contributed by atoms with van der Waals surface area (Å²) in [5.74, 6) is -6.10. The molecule has 0 aromatic heterocycles. The fraction of sp³-hybridized carbons (Fsp3) is 0.290. The second kappa shape index (κ2) is 36.2. The van der Waals surface area contributed by atoms with Gasteiger partial charge in [0.2, 0.25) is 4.75 Å². The molecule has 1 unspecified atom stereocenters. The highest BCUT2D eigenvalue weighted by molar-refractivity contribution is 7.88. The Kier molecular flexibility index (Phi) is 27.7. The second-order valence-electron chi connectivity index (χ2n) is 21.8. The van der Waals surface area contributed by atoms with Crippen molar-refractivity contribution in [2.75, 3.05) is 50.5 Å². The minimum atomic E-state index is -5.12. The number of hydrazone groups is 3. The van der Waals surface area contributed by atoms with E-state index < -0.39 is 86.1 Å². The molecule has 0 saturated carbocycles. The van der Waals surface area contributed by atoms with Crippen molar-refractivity contribution < 1.29 is 90.9 Å². The monoisotopic (exact) mass is 1500 g/mol. The second-order valence-corrected chi connectivity index (χ2v) is 23.5. The third-order valence-corrected chi connectivity index (χ3v) is 17.1. The van der Waals surface area contributed by atoms with Crippen LogP contribution in [0.15, 0.2) is 161 Å². The number of nitrogens with one attached hydrogen (secondary N) is 3.